The van der Waals surface area contributed by atoms with E-state index in [1.165, 1.54) is 36.4 Å². The van der Waals surface area contributed by atoms with Crippen LogP contribution in [0.5, 0.6) is 0 Å². The zero-order chi connectivity index (χ0) is 15.5. The molecule has 8 heteroatoms. The number of hydrogen-bond donors (Lipinski definition) is 1. The summed E-state index contributed by atoms with van der Waals surface area (Å²) in [6, 6.07) is 11.7. The molecule has 0 aliphatic carbocycles. The van der Waals surface area contributed by atoms with Crippen molar-refractivity contribution in [2.45, 2.75) is 10.2 Å². The van der Waals surface area contributed by atoms with E-state index in [0.29, 0.717) is 5.33 Å². The van der Waals surface area contributed by atoms with Gasteiger partial charge in [-0.05, 0) is 23.8 Å². The van der Waals surface area contributed by atoms with E-state index in [1.807, 2.05) is 0 Å². The molecular formula is C13H11BrN2O4S. The number of nitro benzene ring substituents is 1. The molecule has 6 nitrogen and oxygen atoms in total. The largest absolute Gasteiger partial charge is 0.279 e. The molecule has 0 unspecified atom stereocenters. The van der Waals surface area contributed by atoms with Gasteiger partial charge in [0.1, 0.15) is 0 Å². The Labute approximate surface area is 130 Å². The van der Waals surface area contributed by atoms with E-state index in [1.54, 1.807) is 12.1 Å². The number of anilines is 1. The lowest BCUT2D eigenvalue weighted by atomic mass is 10.2. The second-order valence-corrected chi connectivity index (χ2v) is 6.43. The third-order valence-corrected chi connectivity index (χ3v) is 4.74. The van der Waals surface area contributed by atoms with E-state index in [4.69, 9.17) is 0 Å². The number of nitrogens with zero attached hydrogens (tertiary/aromatic N) is 1. The predicted octanol–water partition coefficient (Wildman–Crippen LogP) is 3.29. The number of rotatable bonds is 5. The van der Waals surface area contributed by atoms with Crippen molar-refractivity contribution in [1.82, 2.24) is 0 Å². The van der Waals surface area contributed by atoms with Gasteiger partial charge in [-0.3, -0.25) is 14.8 Å². The summed E-state index contributed by atoms with van der Waals surface area (Å²) in [6.45, 7) is 0. The van der Waals surface area contributed by atoms with E-state index >= 15 is 0 Å². The Kier molecular flexibility index (Phi) is 4.59. The molecule has 0 spiro atoms. The fraction of sp³-hybridized carbons (Fsp3) is 0.0769. The van der Waals surface area contributed by atoms with Gasteiger partial charge in [-0.15, -0.1) is 0 Å². The maximum Gasteiger partial charge on any atom is 0.271 e. The molecule has 2 aromatic rings. The molecule has 0 aromatic heterocycles. The van der Waals surface area contributed by atoms with Gasteiger partial charge in [0, 0.05) is 17.5 Å². The molecule has 110 valence electrons. The molecule has 0 aliphatic rings. The van der Waals surface area contributed by atoms with Gasteiger partial charge in [0.2, 0.25) is 0 Å². The number of nitro groups is 1. The fourth-order valence-corrected chi connectivity index (χ4v) is 3.08. The molecule has 0 fully saturated rings. The van der Waals surface area contributed by atoms with Crippen molar-refractivity contribution in [3.05, 3.63) is 64.2 Å². The summed E-state index contributed by atoms with van der Waals surface area (Å²) in [5.41, 5.74) is 0.919. The van der Waals surface area contributed by atoms with Gasteiger partial charge in [-0.1, -0.05) is 34.1 Å². The predicted molar refractivity (Wildman–Crippen MR) is 83.0 cm³/mol. The van der Waals surface area contributed by atoms with Crippen molar-refractivity contribution in [2.75, 3.05) is 4.72 Å². The van der Waals surface area contributed by atoms with E-state index in [-0.39, 0.29) is 16.3 Å². The van der Waals surface area contributed by atoms with Crippen LogP contribution in [0.3, 0.4) is 0 Å². The third kappa shape index (κ3) is 3.79. The van der Waals surface area contributed by atoms with Crippen LogP contribution in [0.2, 0.25) is 0 Å². The molecule has 21 heavy (non-hydrogen) atoms. The van der Waals surface area contributed by atoms with Gasteiger partial charge >= 0.3 is 0 Å². The second kappa shape index (κ2) is 6.23. The summed E-state index contributed by atoms with van der Waals surface area (Å²) in [7, 11) is -3.77. The van der Waals surface area contributed by atoms with Crippen LogP contribution in [-0.4, -0.2) is 13.3 Å². The first-order valence-electron chi connectivity index (χ1n) is 5.84. The number of benzene rings is 2. The van der Waals surface area contributed by atoms with Gasteiger partial charge < -0.3 is 0 Å². The van der Waals surface area contributed by atoms with Crippen molar-refractivity contribution >= 4 is 37.3 Å². The molecule has 0 radical (unpaired) electrons. The van der Waals surface area contributed by atoms with E-state index in [0.717, 1.165) is 5.56 Å². The minimum absolute atomic E-state index is 0.0960. The smallest absolute Gasteiger partial charge is 0.271 e. The summed E-state index contributed by atoms with van der Waals surface area (Å²) < 4.78 is 26.7. The summed E-state index contributed by atoms with van der Waals surface area (Å²) in [6.07, 6.45) is 0. The number of alkyl halides is 1. The van der Waals surface area contributed by atoms with Gasteiger partial charge in [-0.25, -0.2) is 8.42 Å². The lowest BCUT2D eigenvalue weighted by Gasteiger charge is -2.08. The Morgan fingerprint density at radius 3 is 2.38 bits per heavy atom. The normalized spacial score (nSPS) is 11.1. The molecule has 2 rings (SSSR count). The molecular weight excluding hydrogens is 360 g/mol. The van der Waals surface area contributed by atoms with Crippen LogP contribution >= 0.6 is 15.9 Å². The average Bonchev–Trinajstić information content (AvgIpc) is 2.47. The van der Waals surface area contributed by atoms with Gasteiger partial charge in [0.05, 0.1) is 15.5 Å². The molecule has 1 N–H and O–H groups in total. The summed E-state index contributed by atoms with van der Waals surface area (Å²) in [4.78, 5) is 10.2. The van der Waals surface area contributed by atoms with E-state index in [9.17, 15) is 18.5 Å². The zero-order valence-electron chi connectivity index (χ0n) is 10.7. The summed E-state index contributed by atoms with van der Waals surface area (Å²) in [5.74, 6) is 0. The number of non-ortho nitro benzene ring substituents is 1. The first-order chi connectivity index (χ1) is 9.92. The minimum atomic E-state index is -3.77. The van der Waals surface area contributed by atoms with Crippen LogP contribution in [-0.2, 0) is 15.4 Å². The van der Waals surface area contributed by atoms with Gasteiger partial charge in [-0.2, -0.15) is 0 Å². The van der Waals surface area contributed by atoms with Crippen LogP contribution in [0.1, 0.15) is 5.56 Å². The standard InChI is InChI=1S/C13H11BrN2O4S/c14-9-10-4-6-13(7-5-10)21(19,20)15-11-2-1-3-12(8-11)16(17)18/h1-8,15H,9H2. The van der Waals surface area contributed by atoms with Crippen molar-refractivity contribution < 1.29 is 13.3 Å². The lowest BCUT2D eigenvalue weighted by molar-refractivity contribution is -0.384. The third-order valence-electron chi connectivity index (χ3n) is 2.70. The molecule has 2 aromatic carbocycles. The quantitative estimate of drug-likeness (QED) is 0.496. The lowest BCUT2D eigenvalue weighted by Crippen LogP contribution is -2.13. The first-order valence-corrected chi connectivity index (χ1v) is 8.45. The Hall–Kier alpha value is -1.93. The second-order valence-electron chi connectivity index (χ2n) is 4.19. The number of halogens is 1. The first kappa shape index (κ1) is 15.5. The van der Waals surface area contributed by atoms with Crippen LogP contribution in [0.15, 0.2) is 53.4 Å². The van der Waals surface area contributed by atoms with Gasteiger partial charge in [0.15, 0.2) is 0 Å². The minimum Gasteiger partial charge on any atom is -0.279 e. The Morgan fingerprint density at radius 2 is 1.81 bits per heavy atom. The highest BCUT2D eigenvalue weighted by Crippen LogP contribution is 2.21. The zero-order valence-corrected chi connectivity index (χ0v) is 13.1. The maximum atomic E-state index is 12.2. The highest BCUT2D eigenvalue weighted by molar-refractivity contribution is 9.08. The molecule has 0 bridgehead atoms. The van der Waals surface area contributed by atoms with Crippen molar-refractivity contribution in [2.24, 2.45) is 0 Å². The summed E-state index contributed by atoms with van der Waals surface area (Å²) >= 11 is 3.28. The monoisotopic (exact) mass is 370 g/mol. The number of nitrogens with one attached hydrogen (secondary N) is 1. The van der Waals surface area contributed by atoms with Crippen molar-refractivity contribution in [3.8, 4) is 0 Å². The topological polar surface area (TPSA) is 89.3 Å². The molecule has 0 amide bonds. The maximum absolute atomic E-state index is 12.2. The molecule has 0 heterocycles. The number of hydrogen-bond acceptors (Lipinski definition) is 4. The van der Waals surface area contributed by atoms with Crippen LogP contribution in [0.25, 0.3) is 0 Å². The van der Waals surface area contributed by atoms with E-state index in [2.05, 4.69) is 20.7 Å². The van der Waals surface area contributed by atoms with Crippen LogP contribution < -0.4 is 4.72 Å². The fourth-order valence-electron chi connectivity index (χ4n) is 1.65. The van der Waals surface area contributed by atoms with Crippen molar-refractivity contribution in [3.63, 3.8) is 0 Å². The Balaban J connectivity index is 2.28. The highest BCUT2D eigenvalue weighted by atomic mass is 79.9. The highest BCUT2D eigenvalue weighted by Gasteiger charge is 2.15. The average molecular weight is 371 g/mol. The van der Waals surface area contributed by atoms with Gasteiger partial charge in [0.25, 0.3) is 15.7 Å². The SMILES string of the molecule is O=[N+]([O-])c1cccc(NS(=O)(=O)c2ccc(CBr)cc2)c1. The summed E-state index contributed by atoms with van der Waals surface area (Å²) in [5, 5.41) is 11.3. The Morgan fingerprint density at radius 1 is 1.14 bits per heavy atom. The molecule has 0 saturated carbocycles. The van der Waals surface area contributed by atoms with Crippen LogP contribution in [0, 0.1) is 10.1 Å². The van der Waals surface area contributed by atoms with E-state index < -0.39 is 14.9 Å². The van der Waals surface area contributed by atoms with Crippen molar-refractivity contribution in [1.29, 1.82) is 0 Å². The molecule has 0 saturated heterocycles. The Bertz CT molecular complexity index is 760. The molecule has 0 atom stereocenters. The van der Waals surface area contributed by atoms with Crippen LogP contribution in [0.4, 0.5) is 11.4 Å². The molecule has 0 aliphatic heterocycles. The number of sulfonamides is 1.